The summed E-state index contributed by atoms with van der Waals surface area (Å²) in [5.41, 5.74) is 0. The molecule has 1 amide bonds. The summed E-state index contributed by atoms with van der Waals surface area (Å²) in [6, 6.07) is 0.208. The van der Waals surface area contributed by atoms with Crippen LogP contribution >= 0.6 is 12.2 Å². The number of hydrogen-bond acceptors (Lipinski definition) is 4. The normalized spacial score (nSPS) is 12.7. The second-order valence-corrected chi connectivity index (χ2v) is 4.87. The van der Waals surface area contributed by atoms with E-state index in [1.54, 1.807) is 7.11 Å². The molecule has 0 saturated carbocycles. The molecule has 0 aliphatic carbocycles. The van der Waals surface area contributed by atoms with Crippen molar-refractivity contribution in [3.63, 3.8) is 0 Å². The van der Waals surface area contributed by atoms with E-state index in [1.807, 2.05) is 25.3 Å². The van der Waals surface area contributed by atoms with Crippen molar-refractivity contribution in [2.75, 3.05) is 13.7 Å². The number of rotatable bonds is 6. The number of methoxy groups -OCH3 is 1. The summed E-state index contributed by atoms with van der Waals surface area (Å²) in [7, 11) is 1.58. The van der Waals surface area contributed by atoms with Crippen LogP contribution in [0.4, 0.5) is 0 Å². The highest BCUT2D eigenvalue weighted by molar-refractivity contribution is 7.71. The molecule has 7 heteroatoms. The molecule has 1 aromatic rings. The van der Waals surface area contributed by atoms with Crippen LogP contribution in [0.15, 0.2) is 0 Å². The number of carbonyl (C=O) groups excluding carboxylic acids is 1. The lowest BCUT2D eigenvalue weighted by atomic mass is 10.2. The molecule has 0 aliphatic rings. The molecule has 0 spiro atoms. The zero-order valence-corrected chi connectivity index (χ0v) is 12.0. The first-order valence-corrected chi connectivity index (χ1v) is 6.30. The molecule has 0 aliphatic heterocycles. The fraction of sp³-hybridized carbons (Fsp3) is 0.727. The first-order chi connectivity index (χ1) is 8.47. The lowest BCUT2D eigenvalue weighted by molar-refractivity contribution is -0.126. The maximum absolute atomic E-state index is 11.7. The second kappa shape index (κ2) is 6.65. The first-order valence-electron chi connectivity index (χ1n) is 5.89. The Morgan fingerprint density at radius 2 is 2.22 bits per heavy atom. The number of amides is 1. The van der Waals surface area contributed by atoms with Gasteiger partial charge in [0.25, 0.3) is 0 Å². The molecule has 2 N–H and O–H groups in total. The summed E-state index contributed by atoms with van der Waals surface area (Å²) in [5, 5.41) is 9.67. The quantitative estimate of drug-likeness (QED) is 0.768. The number of aromatic nitrogens is 3. The van der Waals surface area contributed by atoms with Crippen molar-refractivity contribution in [1.29, 1.82) is 0 Å². The minimum Gasteiger partial charge on any atom is -0.384 e. The molecule has 0 radical (unpaired) electrons. The highest BCUT2D eigenvalue weighted by Crippen LogP contribution is 2.08. The van der Waals surface area contributed by atoms with Crippen molar-refractivity contribution in [2.24, 2.45) is 5.92 Å². The van der Waals surface area contributed by atoms with Gasteiger partial charge in [-0.15, -0.1) is 0 Å². The number of hydrogen-bond donors (Lipinski definition) is 2. The van der Waals surface area contributed by atoms with E-state index in [9.17, 15) is 4.79 Å². The van der Waals surface area contributed by atoms with E-state index in [2.05, 4.69) is 15.5 Å². The minimum absolute atomic E-state index is 0.0546. The lowest BCUT2D eigenvalue weighted by Gasteiger charge is -2.13. The molecule has 1 atom stereocenters. The maximum Gasteiger partial charge on any atom is 0.225 e. The number of ether oxygens (including phenoxy) is 1. The van der Waals surface area contributed by atoms with Gasteiger partial charge in [0.05, 0.1) is 19.1 Å². The van der Waals surface area contributed by atoms with Crippen LogP contribution in [0, 0.1) is 10.7 Å². The molecule has 0 bridgehead atoms. The second-order valence-electron chi connectivity index (χ2n) is 4.48. The van der Waals surface area contributed by atoms with Gasteiger partial charge in [0, 0.05) is 13.2 Å². The molecule has 0 saturated heterocycles. The van der Waals surface area contributed by atoms with Crippen LogP contribution in [0.1, 0.15) is 32.6 Å². The Labute approximate surface area is 112 Å². The van der Waals surface area contributed by atoms with E-state index < -0.39 is 0 Å². The Hall–Kier alpha value is -1.21. The van der Waals surface area contributed by atoms with Crippen molar-refractivity contribution < 1.29 is 9.53 Å². The molecule has 0 fully saturated rings. The van der Waals surface area contributed by atoms with Gasteiger partial charge < -0.3 is 14.6 Å². The molecular formula is C11H20N4O2S. The minimum atomic E-state index is -0.176. The highest BCUT2D eigenvalue weighted by Gasteiger charge is 2.14. The smallest absolute Gasteiger partial charge is 0.225 e. The SMILES string of the molecule is COC[C@H](C)C(=O)NCc1n[nH]c(=S)n1C(C)C. The van der Waals surface area contributed by atoms with E-state index in [0.29, 0.717) is 17.9 Å². The van der Waals surface area contributed by atoms with Gasteiger partial charge in [-0.2, -0.15) is 5.10 Å². The van der Waals surface area contributed by atoms with Crippen LogP contribution in [0.2, 0.25) is 0 Å². The number of aromatic amines is 1. The number of H-pyrrole nitrogens is 1. The van der Waals surface area contributed by atoms with Gasteiger partial charge in [0.2, 0.25) is 5.91 Å². The molecule has 1 heterocycles. The Balaban J connectivity index is 2.64. The topological polar surface area (TPSA) is 71.9 Å². The Morgan fingerprint density at radius 3 is 2.78 bits per heavy atom. The van der Waals surface area contributed by atoms with Gasteiger partial charge in [0.15, 0.2) is 10.6 Å². The Morgan fingerprint density at radius 1 is 1.56 bits per heavy atom. The van der Waals surface area contributed by atoms with Gasteiger partial charge in [-0.25, -0.2) is 0 Å². The van der Waals surface area contributed by atoms with E-state index >= 15 is 0 Å². The largest absolute Gasteiger partial charge is 0.384 e. The van der Waals surface area contributed by atoms with Crippen LogP contribution in [0.3, 0.4) is 0 Å². The molecule has 1 rings (SSSR count). The van der Waals surface area contributed by atoms with Crippen molar-refractivity contribution in [1.82, 2.24) is 20.1 Å². The van der Waals surface area contributed by atoms with Gasteiger partial charge in [-0.3, -0.25) is 9.89 Å². The summed E-state index contributed by atoms with van der Waals surface area (Å²) in [4.78, 5) is 11.7. The zero-order valence-electron chi connectivity index (χ0n) is 11.2. The van der Waals surface area contributed by atoms with Gasteiger partial charge >= 0.3 is 0 Å². The summed E-state index contributed by atoms with van der Waals surface area (Å²) < 4.78 is 7.39. The third kappa shape index (κ3) is 3.64. The van der Waals surface area contributed by atoms with E-state index in [1.165, 1.54) is 0 Å². The maximum atomic E-state index is 11.7. The predicted molar refractivity (Wildman–Crippen MR) is 70.7 cm³/mol. The monoisotopic (exact) mass is 272 g/mol. The number of carbonyl (C=O) groups is 1. The van der Waals surface area contributed by atoms with E-state index in [4.69, 9.17) is 17.0 Å². The standard InChI is InChI=1S/C11H20N4O2S/c1-7(2)15-9(13-14-11(15)18)5-12-10(16)8(3)6-17-4/h7-8H,5-6H2,1-4H3,(H,12,16)(H,14,18)/t8-/m0/s1. The van der Waals surface area contributed by atoms with Gasteiger partial charge in [-0.05, 0) is 26.1 Å². The summed E-state index contributed by atoms with van der Waals surface area (Å²) in [6.45, 7) is 6.62. The molecule has 0 aromatic carbocycles. The average molecular weight is 272 g/mol. The first kappa shape index (κ1) is 14.8. The van der Waals surface area contributed by atoms with Crippen LogP contribution < -0.4 is 5.32 Å². The number of nitrogens with zero attached hydrogens (tertiary/aromatic N) is 2. The van der Waals surface area contributed by atoms with Crippen LogP contribution in [0.25, 0.3) is 0 Å². The van der Waals surface area contributed by atoms with Gasteiger partial charge in [-0.1, -0.05) is 6.92 Å². The molecule has 0 unspecified atom stereocenters. The van der Waals surface area contributed by atoms with Crippen LogP contribution in [-0.4, -0.2) is 34.4 Å². The Kier molecular flexibility index (Phi) is 5.49. The zero-order chi connectivity index (χ0) is 13.7. The summed E-state index contributed by atoms with van der Waals surface area (Å²) >= 11 is 5.13. The van der Waals surface area contributed by atoms with Crippen molar-refractivity contribution >= 4 is 18.1 Å². The lowest BCUT2D eigenvalue weighted by Crippen LogP contribution is -2.32. The summed E-state index contributed by atoms with van der Waals surface area (Å²) in [6.07, 6.45) is 0. The molecule has 102 valence electrons. The fourth-order valence-corrected chi connectivity index (χ4v) is 2.02. The fourth-order valence-electron chi connectivity index (χ4n) is 1.66. The van der Waals surface area contributed by atoms with E-state index in [0.717, 1.165) is 5.82 Å². The predicted octanol–water partition coefficient (Wildman–Crippen LogP) is 1.42. The van der Waals surface area contributed by atoms with Gasteiger partial charge in [0.1, 0.15) is 0 Å². The van der Waals surface area contributed by atoms with E-state index in [-0.39, 0.29) is 17.9 Å². The van der Waals surface area contributed by atoms with Crippen molar-refractivity contribution in [2.45, 2.75) is 33.4 Å². The number of nitrogens with one attached hydrogen (secondary N) is 2. The van der Waals surface area contributed by atoms with Crippen molar-refractivity contribution in [3.05, 3.63) is 10.6 Å². The molecule has 1 aromatic heterocycles. The molecule has 18 heavy (non-hydrogen) atoms. The third-order valence-corrected chi connectivity index (χ3v) is 2.87. The van der Waals surface area contributed by atoms with Crippen molar-refractivity contribution in [3.8, 4) is 0 Å². The molecular weight excluding hydrogens is 252 g/mol. The third-order valence-electron chi connectivity index (χ3n) is 2.58. The average Bonchev–Trinajstić information content (AvgIpc) is 2.67. The Bertz CT molecular complexity index is 452. The molecule has 6 nitrogen and oxygen atoms in total. The summed E-state index contributed by atoms with van der Waals surface area (Å²) in [5.74, 6) is 0.499. The van der Waals surface area contributed by atoms with Crippen LogP contribution in [0.5, 0.6) is 0 Å². The van der Waals surface area contributed by atoms with Crippen LogP contribution in [-0.2, 0) is 16.1 Å². The highest BCUT2D eigenvalue weighted by atomic mass is 32.1.